The van der Waals surface area contributed by atoms with E-state index in [1.54, 1.807) is 0 Å². The highest BCUT2D eigenvalue weighted by molar-refractivity contribution is 7.87. The zero-order valence-corrected chi connectivity index (χ0v) is 11.7. The van der Waals surface area contributed by atoms with Gasteiger partial charge in [-0.1, -0.05) is 26.7 Å². The van der Waals surface area contributed by atoms with Crippen LogP contribution in [0.3, 0.4) is 0 Å². The number of carboxylic acids is 1. The molecule has 1 aliphatic heterocycles. The summed E-state index contributed by atoms with van der Waals surface area (Å²) in [5, 5.41) is 9.14. The van der Waals surface area contributed by atoms with Crippen LogP contribution in [0.25, 0.3) is 0 Å². The third-order valence-corrected chi connectivity index (χ3v) is 4.56. The Morgan fingerprint density at radius 2 is 2.06 bits per heavy atom. The molecule has 1 rings (SSSR count). The Bertz CT molecular complexity index is 381. The van der Waals surface area contributed by atoms with Gasteiger partial charge >= 0.3 is 5.97 Å². The van der Waals surface area contributed by atoms with E-state index in [1.165, 1.54) is 0 Å². The minimum absolute atomic E-state index is 0.190. The van der Waals surface area contributed by atoms with Gasteiger partial charge in [0.15, 0.2) is 0 Å². The number of rotatable bonds is 5. The Kier molecular flexibility index (Phi) is 5.55. The number of carboxylic acid groups (broad SMARTS) is 1. The lowest BCUT2D eigenvalue weighted by Crippen LogP contribution is -2.50. The first-order valence-electron chi connectivity index (χ1n) is 6.34. The summed E-state index contributed by atoms with van der Waals surface area (Å²) in [7, 11) is -3.69. The summed E-state index contributed by atoms with van der Waals surface area (Å²) in [6.07, 6.45) is 2.73. The van der Waals surface area contributed by atoms with Crippen molar-refractivity contribution in [1.29, 1.82) is 0 Å². The Balaban J connectivity index is 2.83. The van der Waals surface area contributed by atoms with Crippen molar-refractivity contribution in [2.24, 2.45) is 5.92 Å². The molecular formula is C11H22N2O4S. The molecule has 6 nitrogen and oxygen atoms in total. The van der Waals surface area contributed by atoms with E-state index in [0.717, 1.165) is 17.1 Å². The summed E-state index contributed by atoms with van der Waals surface area (Å²) in [4.78, 5) is 11.2. The molecule has 2 N–H and O–H groups in total. The molecule has 1 unspecified atom stereocenters. The predicted molar refractivity (Wildman–Crippen MR) is 68.4 cm³/mol. The predicted octanol–water partition coefficient (Wildman–Crippen LogP) is 0.806. The Morgan fingerprint density at radius 1 is 1.39 bits per heavy atom. The van der Waals surface area contributed by atoms with Gasteiger partial charge in [0.1, 0.15) is 6.04 Å². The Labute approximate surface area is 109 Å². The monoisotopic (exact) mass is 278 g/mol. The van der Waals surface area contributed by atoms with Crippen molar-refractivity contribution in [3.8, 4) is 0 Å². The summed E-state index contributed by atoms with van der Waals surface area (Å²) in [6.45, 7) is 4.41. The SMILES string of the molecule is CC(C)CNS(=O)(=O)N1CCCCCC1C(=O)O. The third-order valence-electron chi connectivity index (χ3n) is 2.97. The fourth-order valence-corrected chi connectivity index (χ4v) is 3.58. The van der Waals surface area contributed by atoms with Crippen LogP contribution < -0.4 is 4.72 Å². The van der Waals surface area contributed by atoms with Crippen LogP contribution in [-0.4, -0.2) is 42.9 Å². The van der Waals surface area contributed by atoms with Gasteiger partial charge in [0, 0.05) is 13.1 Å². The molecule has 1 atom stereocenters. The van der Waals surface area contributed by atoms with Gasteiger partial charge in [0.05, 0.1) is 0 Å². The maximum Gasteiger partial charge on any atom is 0.322 e. The molecule has 106 valence electrons. The van der Waals surface area contributed by atoms with E-state index < -0.39 is 22.2 Å². The molecule has 1 aliphatic rings. The van der Waals surface area contributed by atoms with E-state index in [-0.39, 0.29) is 12.5 Å². The molecule has 7 heteroatoms. The zero-order chi connectivity index (χ0) is 13.8. The van der Waals surface area contributed by atoms with Crippen LogP contribution in [0.5, 0.6) is 0 Å². The molecule has 0 aliphatic carbocycles. The molecule has 0 bridgehead atoms. The molecule has 18 heavy (non-hydrogen) atoms. The van der Waals surface area contributed by atoms with E-state index in [9.17, 15) is 13.2 Å². The Hall–Kier alpha value is -0.660. The summed E-state index contributed by atoms with van der Waals surface area (Å²) < 4.78 is 27.8. The molecule has 0 spiro atoms. The molecule has 0 amide bonds. The largest absolute Gasteiger partial charge is 0.480 e. The quantitative estimate of drug-likeness (QED) is 0.779. The number of aliphatic carboxylic acids is 1. The van der Waals surface area contributed by atoms with Crippen LogP contribution in [0.1, 0.15) is 39.5 Å². The van der Waals surface area contributed by atoms with Crippen molar-refractivity contribution < 1.29 is 18.3 Å². The zero-order valence-electron chi connectivity index (χ0n) is 10.9. The van der Waals surface area contributed by atoms with Crippen LogP contribution in [-0.2, 0) is 15.0 Å². The van der Waals surface area contributed by atoms with Crippen LogP contribution in [0, 0.1) is 5.92 Å². The Morgan fingerprint density at radius 3 is 2.61 bits per heavy atom. The van der Waals surface area contributed by atoms with E-state index in [1.807, 2.05) is 13.8 Å². The van der Waals surface area contributed by atoms with Gasteiger partial charge in [0.25, 0.3) is 10.2 Å². The topological polar surface area (TPSA) is 86.7 Å². The van der Waals surface area contributed by atoms with Gasteiger partial charge in [-0.15, -0.1) is 0 Å². The lowest BCUT2D eigenvalue weighted by molar-refractivity contribution is -0.141. The van der Waals surface area contributed by atoms with E-state index in [0.29, 0.717) is 19.4 Å². The van der Waals surface area contributed by atoms with Gasteiger partial charge in [-0.2, -0.15) is 12.7 Å². The average Bonchev–Trinajstić information content (AvgIpc) is 2.52. The maximum atomic E-state index is 12.1. The smallest absolute Gasteiger partial charge is 0.322 e. The molecule has 1 fully saturated rings. The normalized spacial score (nSPS) is 22.9. The van der Waals surface area contributed by atoms with Crippen molar-refractivity contribution in [2.45, 2.75) is 45.6 Å². The highest BCUT2D eigenvalue weighted by Gasteiger charge is 2.35. The molecule has 0 aromatic carbocycles. The van der Waals surface area contributed by atoms with Crippen LogP contribution in [0.2, 0.25) is 0 Å². The van der Waals surface area contributed by atoms with Crippen LogP contribution in [0.4, 0.5) is 0 Å². The fraction of sp³-hybridized carbons (Fsp3) is 0.909. The lowest BCUT2D eigenvalue weighted by atomic mass is 10.1. The molecule has 0 radical (unpaired) electrons. The summed E-state index contributed by atoms with van der Waals surface area (Å²) in [5.41, 5.74) is 0. The first-order valence-corrected chi connectivity index (χ1v) is 7.78. The van der Waals surface area contributed by atoms with Gasteiger partial charge in [-0.3, -0.25) is 4.79 Å². The maximum absolute atomic E-state index is 12.1. The number of carbonyl (C=O) groups is 1. The minimum Gasteiger partial charge on any atom is -0.480 e. The second-order valence-electron chi connectivity index (χ2n) is 5.06. The second kappa shape index (κ2) is 6.49. The van der Waals surface area contributed by atoms with E-state index >= 15 is 0 Å². The van der Waals surface area contributed by atoms with Crippen LogP contribution in [0.15, 0.2) is 0 Å². The fourth-order valence-electron chi connectivity index (χ4n) is 1.97. The number of hydrogen-bond acceptors (Lipinski definition) is 3. The van der Waals surface area contributed by atoms with Crippen molar-refractivity contribution in [2.75, 3.05) is 13.1 Å². The highest BCUT2D eigenvalue weighted by atomic mass is 32.2. The minimum atomic E-state index is -3.69. The van der Waals surface area contributed by atoms with Gasteiger partial charge < -0.3 is 5.11 Å². The summed E-state index contributed by atoms with van der Waals surface area (Å²) in [6, 6.07) is -0.933. The molecule has 1 heterocycles. The van der Waals surface area contributed by atoms with Crippen LogP contribution >= 0.6 is 0 Å². The van der Waals surface area contributed by atoms with E-state index in [4.69, 9.17) is 5.11 Å². The first kappa shape index (κ1) is 15.4. The molecular weight excluding hydrogens is 256 g/mol. The third kappa shape index (κ3) is 4.22. The van der Waals surface area contributed by atoms with E-state index in [2.05, 4.69) is 4.72 Å². The molecule has 0 aromatic heterocycles. The van der Waals surface area contributed by atoms with Gasteiger partial charge in [-0.05, 0) is 18.8 Å². The molecule has 0 aromatic rings. The number of nitrogens with zero attached hydrogens (tertiary/aromatic N) is 1. The van der Waals surface area contributed by atoms with Gasteiger partial charge in [-0.25, -0.2) is 4.72 Å². The first-order chi connectivity index (χ1) is 8.34. The second-order valence-corrected chi connectivity index (χ2v) is 6.77. The highest BCUT2D eigenvalue weighted by Crippen LogP contribution is 2.19. The lowest BCUT2D eigenvalue weighted by Gasteiger charge is -2.26. The average molecular weight is 278 g/mol. The molecule has 0 saturated carbocycles. The van der Waals surface area contributed by atoms with Crippen molar-refractivity contribution >= 4 is 16.2 Å². The van der Waals surface area contributed by atoms with Crippen molar-refractivity contribution in [1.82, 2.24) is 9.03 Å². The number of hydrogen-bond donors (Lipinski definition) is 2. The molecule has 1 saturated heterocycles. The number of nitrogens with one attached hydrogen (secondary N) is 1. The van der Waals surface area contributed by atoms with Crippen molar-refractivity contribution in [3.05, 3.63) is 0 Å². The van der Waals surface area contributed by atoms with Crippen molar-refractivity contribution in [3.63, 3.8) is 0 Å². The summed E-state index contributed by atoms with van der Waals surface area (Å²) >= 11 is 0. The van der Waals surface area contributed by atoms with Gasteiger partial charge in [0.2, 0.25) is 0 Å². The standard InChI is InChI=1S/C11H22N2O4S/c1-9(2)8-12-18(16,17)13-7-5-3-4-6-10(13)11(14)15/h9-10,12H,3-8H2,1-2H3,(H,14,15). The summed E-state index contributed by atoms with van der Waals surface area (Å²) in [5.74, 6) is -0.873.